The first-order valence-corrected chi connectivity index (χ1v) is 10.8. The van der Waals surface area contributed by atoms with Gasteiger partial charge in [0.1, 0.15) is 23.0 Å². The van der Waals surface area contributed by atoms with Gasteiger partial charge in [-0.05, 0) is 18.2 Å². The Balaban J connectivity index is 1.91. The number of aromatic nitrogens is 2. The Morgan fingerprint density at radius 3 is 2.16 bits per heavy atom. The molecule has 0 aliphatic rings. The molecule has 0 aliphatic heterocycles. The molecule has 0 bridgehead atoms. The van der Waals surface area contributed by atoms with Gasteiger partial charge in [-0.2, -0.15) is 5.10 Å². The zero-order chi connectivity index (χ0) is 23.3. The molecular formula is C21H23N3O7S. The van der Waals surface area contributed by atoms with Crippen LogP contribution < -0.4 is 23.7 Å². The number of rotatable bonds is 9. The molecule has 0 saturated carbocycles. The SMILES string of the molecule is COc1cc(OC)c(S(=O)(=O)NC(=O)c2ccc(Cn3cccn3)c(OC)c2)c(OC)c1. The molecule has 0 aliphatic carbocycles. The second-order valence-corrected chi connectivity index (χ2v) is 8.15. The minimum Gasteiger partial charge on any atom is -0.496 e. The maximum Gasteiger partial charge on any atom is 0.271 e. The number of benzene rings is 2. The van der Waals surface area contributed by atoms with Crippen molar-refractivity contribution in [3.63, 3.8) is 0 Å². The molecule has 32 heavy (non-hydrogen) atoms. The van der Waals surface area contributed by atoms with E-state index in [1.165, 1.54) is 52.7 Å². The lowest BCUT2D eigenvalue weighted by molar-refractivity contribution is 0.0981. The van der Waals surface area contributed by atoms with Crippen LogP contribution in [0.2, 0.25) is 0 Å². The number of carbonyl (C=O) groups excluding carboxylic acids is 1. The van der Waals surface area contributed by atoms with E-state index in [9.17, 15) is 13.2 Å². The Bertz CT molecular complexity index is 1180. The average molecular weight is 461 g/mol. The van der Waals surface area contributed by atoms with E-state index in [0.717, 1.165) is 5.56 Å². The van der Waals surface area contributed by atoms with E-state index >= 15 is 0 Å². The number of ether oxygens (including phenoxy) is 4. The van der Waals surface area contributed by atoms with Crippen LogP contribution in [0.4, 0.5) is 0 Å². The van der Waals surface area contributed by atoms with Crippen LogP contribution in [-0.4, -0.2) is 52.5 Å². The quantitative estimate of drug-likeness (QED) is 0.515. The highest BCUT2D eigenvalue weighted by Gasteiger charge is 2.28. The predicted molar refractivity (Wildman–Crippen MR) is 115 cm³/mol. The highest BCUT2D eigenvalue weighted by Crippen LogP contribution is 2.37. The van der Waals surface area contributed by atoms with Crippen LogP contribution in [0.1, 0.15) is 15.9 Å². The highest BCUT2D eigenvalue weighted by molar-refractivity contribution is 7.90. The summed E-state index contributed by atoms with van der Waals surface area (Å²) >= 11 is 0. The second kappa shape index (κ2) is 9.60. The summed E-state index contributed by atoms with van der Waals surface area (Å²) in [6.07, 6.45) is 3.45. The molecule has 0 saturated heterocycles. The van der Waals surface area contributed by atoms with E-state index in [2.05, 4.69) is 9.82 Å². The number of carbonyl (C=O) groups is 1. The summed E-state index contributed by atoms with van der Waals surface area (Å²) < 4.78 is 50.7. The Kier molecular flexibility index (Phi) is 6.89. The largest absolute Gasteiger partial charge is 0.496 e. The van der Waals surface area contributed by atoms with Crippen molar-refractivity contribution in [2.24, 2.45) is 0 Å². The lowest BCUT2D eigenvalue weighted by atomic mass is 10.1. The molecule has 3 aromatic rings. The van der Waals surface area contributed by atoms with Crippen LogP contribution in [0.15, 0.2) is 53.7 Å². The first-order valence-electron chi connectivity index (χ1n) is 9.34. The van der Waals surface area contributed by atoms with Crippen LogP contribution in [0, 0.1) is 0 Å². The van der Waals surface area contributed by atoms with Crippen molar-refractivity contribution in [2.45, 2.75) is 11.4 Å². The number of amides is 1. The van der Waals surface area contributed by atoms with Crippen molar-refractivity contribution in [1.29, 1.82) is 0 Å². The van der Waals surface area contributed by atoms with Crippen LogP contribution >= 0.6 is 0 Å². The van der Waals surface area contributed by atoms with E-state index < -0.39 is 15.9 Å². The fourth-order valence-corrected chi connectivity index (χ4v) is 4.33. The Morgan fingerprint density at radius 2 is 1.62 bits per heavy atom. The number of hydrogen-bond acceptors (Lipinski definition) is 8. The van der Waals surface area contributed by atoms with Gasteiger partial charge in [-0.3, -0.25) is 9.48 Å². The highest BCUT2D eigenvalue weighted by atomic mass is 32.2. The van der Waals surface area contributed by atoms with E-state index in [4.69, 9.17) is 18.9 Å². The van der Waals surface area contributed by atoms with Crippen LogP contribution in [0.5, 0.6) is 23.0 Å². The van der Waals surface area contributed by atoms with Gasteiger partial charge in [0.25, 0.3) is 15.9 Å². The van der Waals surface area contributed by atoms with Gasteiger partial charge in [0.15, 0.2) is 4.90 Å². The molecule has 0 spiro atoms. The molecule has 11 heteroatoms. The van der Waals surface area contributed by atoms with E-state index in [0.29, 0.717) is 18.0 Å². The number of hydrogen-bond donors (Lipinski definition) is 1. The first kappa shape index (κ1) is 22.9. The van der Waals surface area contributed by atoms with Gasteiger partial charge in [-0.25, -0.2) is 13.1 Å². The number of sulfonamides is 1. The molecule has 0 unspecified atom stereocenters. The van der Waals surface area contributed by atoms with Gasteiger partial charge >= 0.3 is 0 Å². The van der Waals surface area contributed by atoms with Crippen molar-refractivity contribution in [3.8, 4) is 23.0 Å². The molecule has 2 aromatic carbocycles. The van der Waals surface area contributed by atoms with Gasteiger partial charge in [-0.15, -0.1) is 0 Å². The van der Waals surface area contributed by atoms with E-state index in [-0.39, 0.29) is 22.0 Å². The Labute approximate surface area is 185 Å². The van der Waals surface area contributed by atoms with E-state index in [1.807, 2.05) is 0 Å². The van der Waals surface area contributed by atoms with Gasteiger partial charge < -0.3 is 18.9 Å². The topological polar surface area (TPSA) is 118 Å². The number of nitrogens with one attached hydrogen (secondary N) is 1. The third kappa shape index (κ3) is 4.78. The summed E-state index contributed by atoms with van der Waals surface area (Å²) in [6, 6.07) is 9.21. The fraction of sp³-hybridized carbons (Fsp3) is 0.238. The van der Waals surface area contributed by atoms with Crippen molar-refractivity contribution in [3.05, 3.63) is 59.9 Å². The minimum atomic E-state index is -4.35. The summed E-state index contributed by atoms with van der Waals surface area (Å²) in [5, 5.41) is 4.14. The Hall–Kier alpha value is -3.73. The van der Waals surface area contributed by atoms with Gasteiger partial charge in [-0.1, -0.05) is 6.07 Å². The maximum absolute atomic E-state index is 13.0. The standard InChI is InChI=1S/C21H23N3O7S/c1-28-16-11-18(30-3)20(19(12-16)31-4)32(26,27)23-21(25)14-6-7-15(17(10-14)29-2)13-24-9-5-8-22-24/h5-12H,13H2,1-4H3,(H,23,25). The van der Waals surface area contributed by atoms with Crippen molar-refractivity contribution < 1.29 is 32.2 Å². The van der Waals surface area contributed by atoms with Gasteiger partial charge in [0.2, 0.25) is 0 Å². The lowest BCUT2D eigenvalue weighted by Crippen LogP contribution is -2.31. The van der Waals surface area contributed by atoms with Crippen LogP contribution in [-0.2, 0) is 16.6 Å². The van der Waals surface area contributed by atoms with Crippen molar-refractivity contribution in [2.75, 3.05) is 28.4 Å². The van der Waals surface area contributed by atoms with Crippen molar-refractivity contribution in [1.82, 2.24) is 14.5 Å². The molecule has 0 fully saturated rings. The van der Waals surface area contributed by atoms with Gasteiger partial charge in [0, 0.05) is 35.7 Å². The molecular weight excluding hydrogens is 438 g/mol. The van der Waals surface area contributed by atoms with Gasteiger partial charge in [0.05, 0.1) is 35.0 Å². The normalized spacial score (nSPS) is 11.0. The van der Waals surface area contributed by atoms with Crippen LogP contribution in [0.3, 0.4) is 0 Å². The molecule has 170 valence electrons. The number of nitrogens with zero attached hydrogens (tertiary/aromatic N) is 2. The molecule has 1 N–H and O–H groups in total. The minimum absolute atomic E-state index is 0.0337. The monoisotopic (exact) mass is 461 g/mol. The summed E-state index contributed by atoms with van der Waals surface area (Å²) in [6.45, 7) is 0.427. The van der Waals surface area contributed by atoms with Crippen LogP contribution in [0.25, 0.3) is 0 Å². The fourth-order valence-electron chi connectivity index (χ4n) is 3.06. The first-order chi connectivity index (χ1) is 15.3. The van der Waals surface area contributed by atoms with E-state index in [1.54, 1.807) is 29.2 Å². The summed E-state index contributed by atoms with van der Waals surface area (Å²) in [5.41, 5.74) is 0.871. The molecule has 3 rings (SSSR count). The zero-order valence-electron chi connectivity index (χ0n) is 18.0. The smallest absolute Gasteiger partial charge is 0.271 e. The number of methoxy groups -OCH3 is 4. The average Bonchev–Trinajstić information content (AvgIpc) is 3.30. The summed E-state index contributed by atoms with van der Waals surface area (Å²) in [4.78, 5) is 12.5. The predicted octanol–water partition coefficient (Wildman–Crippen LogP) is 2.08. The third-order valence-electron chi connectivity index (χ3n) is 4.61. The molecule has 10 nitrogen and oxygen atoms in total. The zero-order valence-corrected chi connectivity index (χ0v) is 18.8. The summed E-state index contributed by atoms with van der Waals surface area (Å²) in [7, 11) is 1.15. The molecule has 0 atom stereocenters. The lowest BCUT2D eigenvalue weighted by Gasteiger charge is -2.16. The molecule has 1 amide bonds. The molecule has 0 radical (unpaired) electrons. The third-order valence-corrected chi connectivity index (χ3v) is 6.00. The molecule has 1 aromatic heterocycles. The summed E-state index contributed by atoms with van der Waals surface area (Å²) in [5.74, 6) is -0.150. The van der Waals surface area contributed by atoms with Crippen molar-refractivity contribution >= 4 is 15.9 Å². The maximum atomic E-state index is 13.0. The molecule has 1 heterocycles. The second-order valence-electron chi connectivity index (χ2n) is 6.53. The Morgan fingerprint density at radius 1 is 0.969 bits per heavy atom.